The molecule has 0 bridgehead atoms. The maximum Gasteiger partial charge on any atom is 0.306 e. The van der Waals surface area contributed by atoms with Gasteiger partial charge in [-0.1, -0.05) is 26.0 Å². The Kier molecular flexibility index (Phi) is 5.24. The van der Waals surface area contributed by atoms with Crippen molar-refractivity contribution in [2.75, 3.05) is 0 Å². The first-order chi connectivity index (χ1) is 10.3. The molecule has 0 aromatic heterocycles. The molecule has 0 amide bonds. The third kappa shape index (κ3) is 4.08. The van der Waals surface area contributed by atoms with Gasteiger partial charge in [-0.25, -0.2) is 13.1 Å². The molecule has 1 aromatic carbocycles. The Morgan fingerprint density at radius 2 is 1.86 bits per heavy atom. The molecule has 0 radical (unpaired) electrons. The van der Waals surface area contributed by atoms with Crippen molar-refractivity contribution in [1.82, 2.24) is 4.72 Å². The molecule has 0 aliphatic heterocycles. The summed E-state index contributed by atoms with van der Waals surface area (Å²) in [6, 6.07) is 6.79. The number of carboxylic acids is 1. The molecular weight excluding hydrogens is 302 g/mol. The summed E-state index contributed by atoms with van der Waals surface area (Å²) in [6.07, 6.45) is 2.18. The van der Waals surface area contributed by atoms with Crippen LogP contribution < -0.4 is 4.72 Å². The van der Waals surface area contributed by atoms with E-state index in [1.165, 1.54) is 0 Å². The predicted molar refractivity (Wildman–Crippen MR) is 84.2 cm³/mol. The average Bonchev–Trinajstić information content (AvgIpc) is 2.47. The van der Waals surface area contributed by atoms with Gasteiger partial charge in [-0.15, -0.1) is 0 Å². The van der Waals surface area contributed by atoms with Crippen molar-refractivity contribution in [3.05, 3.63) is 29.8 Å². The standard InChI is InChI=1S/C16H23NO4S/c1-11(2)13-4-3-5-15(10-13)22(20,21)17-14-8-6-12(7-9-14)16(18)19/h3-5,10-12,14,17H,6-9H2,1-2H3,(H,18,19). The molecule has 6 heteroatoms. The lowest BCUT2D eigenvalue weighted by molar-refractivity contribution is -0.142. The fraction of sp³-hybridized carbons (Fsp3) is 0.562. The van der Waals surface area contributed by atoms with E-state index in [4.69, 9.17) is 5.11 Å². The van der Waals surface area contributed by atoms with Crippen LogP contribution in [-0.4, -0.2) is 25.5 Å². The van der Waals surface area contributed by atoms with Crippen LogP contribution in [0.15, 0.2) is 29.2 Å². The van der Waals surface area contributed by atoms with Gasteiger partial charge < -0.3 is 5.11 Å². The molecule has 0 atom stereocenters. The minimum atomic E-state index is -3.55. The highest BCUT2D eigenvalue weighted by atomic mass is 32.2. The predicted octanol–water partition coefficient (Wildman–Crippen LogP) is 2.73. The molecule has 2 rings (SSSR count). The Morgan fingerprint density at radius 1 is 1.23 bits per heavy atom. The average molecular weight is 325 g/mol. The zero-order valence-corrected chi connectivity index (χ0v) is 13.8. The highest BCUT2D eigenvalue weighted by molar-refractivity contribution is 7.89. The van der Waals surface area contributed by atoms with Crippen molar-refractivity contribution >= 4 is 16.0 Å². The van der Waals surface area contributed by atoms with Gasteiger partial charge >= 0.3 is 5.97 Å². The Morgan fingerprint density at radius 3 is 2.41 bits per heavy atom. The number of nitrogens with one attached hydrogen (secondary N) is 1. The van der Waals surface area contributed by atoms with Crippen LogP contribution in [0.25, 0.3) is 0 Å². The highest BCUT2D eigenvalue weighted by Gasteiger charge is 2.28. The number of sulfonamides is 1. The first-order valence-corrected chi connectivity index (χ1v) is 9.13. The van der Waals surface area contributed by atoms with Crippen LogP contribution >= 0.6 is 0 Å². The van der Waals surface area contributed by atoms with Gasteiger partial charge in [0.25, 0.3) is 0 Å². The molecule has 2 N–H and O–H groups in total. The van der Waals surface area contributed by atoms with Crippen LogP contribution in [0.3, 0.4) is 0 Å². The second-order valence-corrected chi connectivity index (χ2v) is 7.95. The van der Waals surface area contributed by atoms with Gasteiger partial charge in [0.05, 0.1) is 10.8 Å². The number of benzene rings is 1. The normalized spacial score (nSPS) is 22.7. The van der Waals surface area contributed by atoms with Crippen molar-refractivity contribution in [3.8, 4) is 0 Å². The Labute approximate surface area is 131 Å². The third-order valence-electron chi connectivity index (χ3n) is 4.23. The van der Waals surface area contributed by atoms with E-state index in [2.05, 4.69) is 4.72 Å². The van der Waals surface area contributed by atoms with Crippen LogP contribution in [0.4, 0.5) is 0 Å². The summed E-state index contributed by atoms with van der Waals surface area (Å²) in [6.45, 7) is 4.04. The zero-order chi connectivity index (χ0) is 16.3. The minimum absolute atomic E-state index is 0.177. The lowest BCUT2D eigenvalue weighted by Crippen LogP contribution is -2.38. The second kappa shape index (κ2) is 6.79. The lowest BCUT2D eigenvalue weighted by Gasteiger charge is -2.26. The molecule has 0 saturated heterocycles. The summed E-state index contributed by atoms with van der Waals surface area (Å²) in [7, 11) is -3.55. The van der Waals surface area contributed by atoms with Crippen molar-refractivity contribution in [2.24, 2.45) is 5.92 Å². The molecule has 1 saturated carbocycles. The smallest absolute Gasteiger partial charge is 0.306 e. The van der Waals surface area contributed by atoms with E-state index in [0.717, 1.165) is 5.56 Å². The fourth-order valence-electron chi connectivity index (χ4n) is 2.79. The fourth-order valence-corrected chi connectivity index (χ4v) is 4.15. The number of rotatable bonds is 5. The first kappa shape index (κ1) is 17.0. The van der Waals surface area contributed by atoms with Crippen LogP contribution in [0.5, 0.6) is 0 Å². The summed E-state index contributed by atoms with van der Waals surface area (Å²) >= 11 is 0. The summed E-state index contributed by atoms with van der Waals surface area (Å²) in [5.41, 5.74) is 0.984. The Hall–Kier alpha value is -1.40. The van der Waals surface area contributed by atoms with Crippen LogP contribution in [0.1, 0.15) is 51.0 Å². The van der Waals surface area contributed by atoms with Gasteiger partial charge in [-0.2, -0.15) is 0 Å². The Bertz CT molecular complexity index is 631. The Balaban J connectivity index is 2.06. The van der Waals surface area contributed by atoms with E-state index in [9.17, 15) is 13.2 Å². The van der Waals surface area contributed by atoms with E-state index < -0.39 is 16.0 Å². The van der Waals surface area contributed by atoms with Crippen molar-refractivity contribution < 1.29 is 18.3 Å². The molecule has 0 unspecified atom stereocenters. The third-order valence-corrected chi connectivity index (χ3v) is 5.75. The van der Waals surface area contributed by atoms with E-state index >= 15 is 0 Å². The summed E-state index contributed by atoms with van der Waals surface area (Å²) in [5.74, 6) is -0.864. The minimum Gasteiger partial charge on any atom is -0.481 e. The highest BCUT2D eigenvalue weighted by Crippen LogP contribution is 2.26. The largest absolute Gasteiger partial charge is 0.481 e. The number of carbonyl (C=O) groups is 1. The monoisotopic (exact) mass is 325 g/mol. The topological polar surface area (TPSA) is 83.5 Å². The van der Waals surface area contributed by atoms with Crippen LogP contribution in [0.2, 0.25) is 0 Å². The van der Waals surface area contributed by atoms with Crippen LogP contribution in [-0.2, 0) is 14.8 Å². The number of hydrogen-bond donors (Lipinski definition) is 2. The maximum absolute atomic E-state index is 12.5. The van der Waals surface area contributed by atoms with Gasteiger partial charge in [-0.3, -0.25) is 4.79 Å². The van der Waals surface area contributed by atoms with Gasteiger partial charge in [0.15, 0.2) is 0 Å². The second-order valence-electron chi connectivity index (χ2n) is 6.24. The number of aliphatic carboxylic acids is 1. The van der Waals surface area contributed by atoms with E-state index in [1.54, 1.807) is 18.2 Å². The number of hydrogen-bond acceptors (Lipinski definition) is 3. The molecule has 1 fully saturated rings. The quantitative estimate of drug-likeness (QED) is 0.872. The molecule has 22 heavy (non-hydrogen) atoms. The zero-order valence-electron chi connectivity index (χ0n) is 13.0. The molecule has 122 valence electrons. The maximum atomic E-state index is 12.5. The molecule has 0 spiro atoms. The van der Waals surface area contributed by atoms with Crippen molar-refractivity contribution in [3.63, 3.8) is 0 Å². The number of carboxylic acid groups (broad SMARTS) is 1. The first-order valence-electron chi connectivity index (χ1n) is 7.64. The summed E-state index contributed by atoms with van der Waals surface area (Å²) in [5, 5.41) is 8.98. The van der Waals surface area contributed by atoms with Crippen LogP contribution in [0, 0.1) is 5.92 Å². The van der Waals surface area contributed by atoms with Gasteiger partial charge in [0, 0.05) is 6.04 Å². The molecule has 1 aromatic rings. The van der Waals surface area contributed by atoms with Crippen molar-refractivity contribution in [1.29, 1.82) is 0 Å². The summed E-state index contributed by atoms with van der Waals surface area (Å²) < 4.78 is 27.6. The molecule has 0 heterocycles. The lowest BCUT2D eigenvalue weighted by atomic mass is 9.87. The molecular formula is C16H23NO4S. The van der Waals surface area contributed by atoms with Crippen molar-refractivity contribution in [2.45, 2.75) is 56.4 Å². The molecule has 1 aliphatic rings. The summed E-state index contributed by atoms with van der Waals surface area (Å²) in [4.78, 5) is 11.2. The van der Waals surface area contributed by atoms with E-state index in [-0.39, 0.29) is 22.8 Å². The van der Waals surface area contributed by atoms with Gasteiger partial charge in [0.1, 0.15) is 0 Å². The van der Waals surface area contributed by atoms with Gasteiger partial charge in [0.2, 0.25) is 10.0 Å². The van der Waals surface area contributed by atoms with E-state index in [0.29, 0.717) is 25.7 Å². The van der Waals surface area contributed by atoms with Gasteiger partial charge in [-0.05, 0) is 49.3 Å². The SMILES string of the molecule is CC(C)c1cccc(S(=O)(=O)NC2CCC(C(=O)O)CC2)c1. The molecule has 5 nitrogen and oxygen atoms in total. The van der Waals surface area contributed by atoms with E-state index in [1.807, 2.05) is 19.9 Å². The molecule has 1 aliphatic carbocycles.